The number of aromatic nitrogens is 8. The Hall–Kier alpha value is -13.1. The summed E-state index contributed by atoms with van der Waals surface area (Å²) in [5, 5.41) is 62.1. The van der Waals surface area contributed by atoms with Crippen molar-refractivity contribution in [1.29, 1.82) is 0 Å². The second kappa shape index (κ2) is 23.9. The van der Waals surface area contributed by atoms with Gasteiger partial charge in [-0.1, -0.05) is 158 Å². The van der Waals surface area contributed by atoms with Crippen molar-refractivity contribution in [1.82, 2.24) is 39.5 Å². The van der Waals surface area contributed by atoms with Gasteiger partial charge in [0.2, 0.25) is 11.8 Å². The average Bonchev–Trinajstić information content (AvgIpc) is 1.63. The summed E-state index contributed by atoms with van der Waals surface area (Å²) in [6.07, 6.45) is 0. The van der Waals surface area contributed by atoms with Crippen molar-refractivity contribution in [3.8, 4) is 171 Å². The van der Waals surface area contributed by atoms with Crippen molar-refractivity contribution < 1.29 is 38.7 Å². The summed E-state index contributed by atoms with van der Waals surface area (Å²) in [5.74, 6) is 3.00. The first-order valence-electron chi connectivity index (χ1n) is 29.3. The number of nitrogens with zero attached hydrogens (tertiary/aromatic N) is 8. The van der Waals surface area contributed by atoms with E-state index >= 15 is 0 Å². The van der Waals surface area contributed by atoms with Crippen LogP contribution in [0.4, 0.5) is 0 Å². The Balaban J connectivity index is 0.650. The number of aromatic hydroxyl groups is 4. The van der Waals surface area contributed by atoms with Gasteiger partial charge in [-0.25, -0.2) is 9.97 Å². The van der Waals surface area contributed by atoms with E-state index < -0.39 is 0 Å². The maximum absolute atomic E-state index is 11.4. The topological polar surface area (TPSA) is 213 Å². The fourth-order valence-electron chi connectivity index (χ4n) is 11.1. The van der Waals surface area contributed by atoms with Crippen LogP contribution in [0.2, 0.25) is 0 Å². The summed E-state index contributed by atoms with van der Waals surface area (Å²) in [4.78, 5) is 10.4. The molecular weight excluding hydrogens is 1150 g/mol. The highest BCUT2D eigenvalue weighted by Gasteiger charge is 2.27. The van der Waals surface area contributed by atoms with Crippen LogP contribution < -0.4 is 9.47 Å². The fourth-order valence-corrected chi connectivity index (χ4v) is 11.1. The molecule has 0 radical (unpaired) electrons. The summed E-state index contributed by atoms with van der Waals surface area (Å²) in [6, 6.07) is 86.5. The number of phenols is 4. The average molecular weight is 1200 g/mol. The van der Waals surface area contributed by atoms with E-state index in [-0.39, 0.29) is 57.7 Å². The Bertz CT molecular complexity index is 4820. The Labute approximate surface area is 525 Å². The summed E-state index contributed by atoms with van der Waals surface area (Å²) >= 11 is 0. The normalized spacial score (nSPS) is 11.2. The number of hydrogen-bond donors (Lipinski definition) is 4. The van der Waals surface area contributed by atoms with E-state index in [9.17, 15) is 20.4 Å². The molecule has 15 aromatic rings. The highest BCUT2D eigenvalue weighted by Crippen LogP contribution is 2.45. The molecule has 4 heterocycles. The van der Waals surface area contributed by atoms with Crippen LogP contribution in [0.1, 0.15) is 0 Å². The maximum Gasteiger partial charge on any atom is 0.252 e. The van der Waals surface area contributed by atoms with Gasteiger partial charge in [-0.05, 0) is 121 Å². The standard InChI is InChI=1S/C76H50N8O8/c85-63-33-15-13-31-59(63)71-77-67(47-19-5-1-6-20-47)69(49-23-9-3-10-24-49)83(71)53-35-39-55(40-36-53)89-57-29-17-27-51(43-57)73-79-81-75(91-73)61-45-66(88)62(46-65(61)87)76-82-80-74(92-76)52-28-18-30-58(44-52)90-56-41-37-54(38-42-56)84-70(50-25-11-4-12-26-50)68(48-21-7-2-8-22-48)78-72(84)60-32-14-16-34-64(60)86/h1-46,85-88H. The molecule has 442 valence electrons. The third-order valence-electron chi connectivity index (χ3n) is 15.5. The number of ether oxygens (including phenoxy) is 2. The van der Waals surface area contributed by atoms with Gasteiger partial charge < -0.3 is 38.7 Å². The molecule has 0 aliphatic heterocycles. The molecule has 0 aliphatic rings. The summed E-state index contributed by atoms with van der Waals surface area (Å²) in [6.45, 7) is 0. The molecule has 0 unspecified atom stereocenters. The number of benzene rings is 11. The molecule has 92 heavy (non-hydrogen) atoms. The molecule has 0 saturated heterocycles. The predicted octanol–water partition coefficient (Wildman–Crippen LogP) is 17.9. The highest BCUT2D eigenvalue weighted by atomic mass is 16.5. The van der Waals surface area contributed by atoms with Crippen LogP contribution in [0, 0.1) is 0 Å². The molecule has 16 heteroatoms. The largest absolute Gasteiger partial charge is 0.507 e. The first kappa shape index (κ1) is 55.5. The Kier molecular flexibility index (Phi) is 14.4. The van der Waals surface area contributed by atoms with Crippen LogP contribution in [-0.2, 0) is 0 Å². The molecule has 0 bridgehead atoms. The van der Waals surface area contributed by atoms with Gasteiger partial charge in [-0.3, -0.25) is 9.13 Å². The Morgan fingerprint density at radius 1 is 0.272 bits per heavy atom. The van der Waals surface area contributed by atoms with Gasteiger partial charge in [0, 0.05) is 44.8 Å². The fraction of sp³-hybridized carbons (Fsp3) is 0. The number of phenolic OH excluding ortho intramolecular Hbond substituents is 4. The monoisotopic (exact) mass is 1200 g/mol. The third kappa shape index (κ3) is 10.8. The Morgan fingerprint density at radius 3 is 0.989 bits per heavy atom. The van der Waals surface area contributed by atoms with Gasteiger partial charge in [0.15, 0.2) is 0 Å². The molecule has 0 saturated carbocycles. The van der Waals surface area contributed by atoms with E-state index in [1.807, 2.05) is 194 Å². The molecule has 16 nitrogen and oxygen atoms in total. The van der Waals surface area contributed by atoms with Crippen LogP contribution in [0.15, 0.2) is 288 Å². The molecule has 0 spiro atoms. The van der Waals surface area contributed by atoms with Crippen LogP contribution in [0.5, 0.6) is 46.0 Å². The number of hydrogen-bond acceptors (Lipinski definition) is 14. The zero-order chi connectivity index (χ0) is 62.1. The number of imidazole rings is 2. The van der Waals surface area contributed by atoms with Crippen molar-refractivity contribution in [2.45, 2.75) is 0 Å². The number of rotatable bonds is 16. The van der Waals surface area contributed by atoms with Crippen molar-refractivity contribution in [3.05, 3.63) is 279 Å². The lowest BCUT2D eigenvalue weighted by molar-refractivity contribution is 0.457. The van der Waals surface area contributed by atoms with Gasteiger partial charge in [0.05, 0.1) is 45.0 Å². The van der Waals surface area contributed by atoms with E-state index in [4.69, 9.17) is 28.3 Å². The van der Waals surface area contributed by atoms with Crippen molar-refractivity contribution in [3.63, 3.8) is 0 Å². The molecule has 15 rings (SSSR count). The molecule has 0 atom stereocenters. The minimum atomic E-state index is -0.291. The van der Waals surface area contributed by atoms with Gasteiger partial charge in [0.1, 0.15) is 57.6 Å². The smallest absolute Gasteiger partial charge is 0.252 e. The van der Waals surface area contributed by atoms with Crippen LogP contribution in [0.25, 0.3) is 125 Å². The first-order valence-corrected chi connectivity index (χ1v) is 29.3. The first-order chi connectivity index (χ1) is 45.2. The summed E-state index contributed by atoms with van der Waals surface area (Å²) in [7, 11) is 0. The molecule has 0 amide bonds. The summed E-state index contributed by atoms with van der Waals surface area (Å²) < 4.78 is 29.1. The van der Waals surface area contributed by atoms with E-state index in [1.54, 1.807) is 72.8 Å². The lowest BCUT2D eigenvalue weighted by atomic mass is 10.0. The summed E-state index contributed by atoms with van der Waals surface area (Å²) in [5.41, 5.74) is 10.9. The minimum absolute atomic E-state index is 0.0556. The second-order valence-corrected chi connectivity index (χ2v) is 21.4. The van der Waals surface area contributed by atoms with Crippen LogP contribution in [0.3, 0.4) is 0 Å². The molecular formula is C76H50N8O8. The van der Waals surface area contributed by atoms with E-state index in [0.717, 1.165) is 56.4 Å². The lowest BCUT2D eigenvalue weighted by Crippen LogP contribution is -2.00. The van der Waals surface area contributed by atoms with E-state index in [1.165, 1.54) is 12.1 Å². The Morgan fingerprint density at radius 2 is 0.609 bits per heavy atom. The van der Waals surface area contributed by atoms with E-state index in [0.29, 0.717) is 56.9 Å². The van der Waals surface area contributed by atoms with Gasteiger partial charge >= 0.3 is 0 Å². The van der Waals surface area contributed by atoms with Gasteiger partial charge in [-0.15, -0.1) is 20.4 Å². The van der Waals surface area contributed by atoms with Crippen molar-refractivity contribution in [2.75, 3.05) is 0 Å². The van der Waals surface area contributed by atoms with Crippen molar-refractivity contribution >= 4 is 0 Å². The molecule has 4 N–H and O–H groups in total. The zero-order valence-electron chi connectivity index (χ0n) is 48.6. The predicted molar refractivity (Wildman–Crippen MR) is 350 cm³/mol. The van der Waals surface area contributed by atoms with Crippen LogP contribution >= 0.6 is 0 Å². The minimum Gasteiger partial charge on any atom is -0.507 e. The molecule has 0 aliphatic carbocycles. The van der Waals surface area contributed by atoms with Gasteiger partial charge in [0.25, 0.3) is 11.8 Å². The molecule has 0 fully saturated rings. The second-order valence-electron chi connectivity index (χ2n) is 21.4. The maximum atomic E-state index is 11.4. The zero-order valence-corrected chi connectivity index (χ0v) is 48.6. The highest BCUT2D eigenvalue weighted by molar-refractivity contribution is 5.87. The van der Waals surface area contributed by atoms with E-state index in [2.05, 4.69) is 29.5 Å². The lowest BCUT2D eigenvalue weighted by Gasteiger charge is -2.15. The molecule has 4 aromatic heterocycles. The molecule has 11 aromatic carbocycles. The van der Waals surface area contributed by atoms with Crippen LogP contribution in [-0.4, -0.2) is 59.9 Å². The quantitative estimate of drug-likeness (QED) is 0.0663. The third-order valence-corrected chi connectivity index (χ3v) is 15.5. The number of para-hydroxylation sites is 2. The SMILES string of the molecule is Oc1cc(-c2nnc(-c3cccc(Oc4ccc(-n5c(-c6ccccc6O)nc(-c6ccccc6)c5-c5ccccc5)cc4)c3)o2)c(O)cc1-c1nnc(-c2cccc(Oc3ccc(-n4c(-c5ccccc5O)nc(-c5ccccc5)c4-c4ccccc4)cc3)c2)o1. The van der Waals surface area contributed by atoms with Crippen molar-refractivity contribution in [2.24, 2.45) is 0 Å². The van der Waals surface area contributed by atoms with Gasteiger partial charge in [-0.2, -0.15) is 0 Å².